The molecule has 0 aromatic heterocycles. The number of nitrogens with zero attached hydrogens (tertiary/aromatic N) is 1. The van der Waals surface area contributed by atoms with Crippen LogP contribution >= 0.6 is 11.8 Å². The van der Waals surface area contributed by atoms with Gasteiger partial charge in [0.2, 0.25) is 5.91 Å². The lowest BCUT2D eigenvalue weighted by Gasteiger charge is -2.45. The maximum absolute atomic E-state index is 13.8. The number of hydrogen-bond acceptors (Lipinski definition) is 4. The zero-order valence-corrected chi connectivity index (χ0v) is 12.9. The Balaban J connectivity index is 1.89. The largest absolute Gasteiger partial charge is 0.480 e. The summed E-state index contributed by atoms with van der Waals surface area (Å²) in [5, 5.41) is 19.3. The molecule has 118 valence electrons. The summed E-state index contributed by atoms with van der Waals surface area (Å²) in [7, 11) is 0. The minimum Gasteiger partial charge on any atom is -0.480 e. The number of benzene rings is 1. The van der Waals surface area contributed by atoms with Crippen LogP contribution in [-0.2, 0) is 9.59 Å². The number of β-lactam (4-membered cyclic amide) rings is 1. The molecule has 2 saturated heterocycles. The monoisotopic (exact) mass is 325 g/mol. The van der Waals surface area contributed by atoms with Gasteiger partial charge in [0.25, 0.3) is 0 Å². The number of carboxylic acid groups (broad SMARTS) is 1. The second-order valence-electron chi connectivity index (χ2n) is 6.09. The molecule has 1 unspecified atom stereocenters. The Bertz CT molecular complexity index is 650. The van der Waals surface area contributed by atoms with Gasteiger partial charge in [-0.3, -0.25) is 4.79 Å². The smallest absolute Gasteiger partial charge is 0.327 e. The molecule has 2 fully saturated rings. The number of rotatable bonds is 3. The van der Waals surface area contributed by atoms with E-state index in [0.717, 1.165) is 0 Å². The zero-order valence-electron chi connectivity index (χ0n) is 12.1. The third-order valence-corrected chi connectivity index (χ3v) is 5.87. The maximum atomic E-state index is 13.8. The van der Waals surface area contributed by atoms with E-state index in [9.17, 15) is 24.2 Å². The summed E-state index contributed by atoms with van der Waals surface area (Å²) >= 11 is 1.34. The summed E-state index contributed by atoms with van der Waals surface area (Å²) in [6.07, 6.45) is -1.27. The van der Waals surface area contributed by atoms with E-state index in [1.165, 1.54) is 34.9 Å². The summed E-state index contributed by atoms with van der Waals surface area (Å²) in [6.45, 7) is 3.52. The standard InChI is InChI=1S/C15H16FNO4S/c1-15(2)11(14(20)21)17-12(19)9(13(17)22-15)10(18)7-5-3-4-6-8(7)16/h3-6,9-11,13,18H,1-2H3,(H,20,21)/t9-,10?,11-,13+/m0/s1. The Morgan fingerprint density at radius 1 is 1.41 bits per heavy atom. The van der Waals surface area contributed by atoms with Crippen molar-refractivity contribution in [2.24, 2.45) is 5.92 Å². The summed E-state index contributed by atoms with van der Waals surface area (Å²) in [4.78, 5) is 25.1. The van der Waals surface area contributed by atoms with Crippen LogP contribution in [0.5, 0.6) is 0 Å². The molecule has 2 aliphatic rings. The molecule has 0 radical (unpaired) electrons. The van der Waals surface area contributed by atoms with Crippen LogP contribution < -0.4 is 0 Å². The lowest BCUT2D eigenvalue weighted by Crippen LogP contribution is -2.64. The van der Waals surface area contributed by atoms with Gasteiger partial charge in [-0.2, -0.15) is 0 Å². The van der Waals surface area contributed by atoms with Gasteiger partial charge < -0.3 is 15.1 Å². The van der Waals surface area contributed by atoms with Crippen LogP contribution in [0.4, 0.5) is 4.39 Å². The Kier molecular flexibility index (Phi) is 3.45. The summed E-state index contributed by atoms with van der Waals surface area (Å²) in [5.41, 5.74) is 0.0673. The highest BCUT2D eigenvalue weighted by atomic mass is 32.2. The van der Waals surface area contributed by atoms with Crippen LogP contribution in [0.25, 0.3) is 0 Å². The summed E-state index contributed by atoms with van der Waals surface area (Å²) < 4.78 is 13.1. The van der Waals surface area contributed by atoms with E-state index in [4.69, 9.17) is 0 Å². The second-order valence-corrected chi connectivity index (χ2v) is 7.86. The SMILES string of the molecule is CC1(C)S[C@@H]2[C@@H](C(O)c3ccccc3F)C(=O)N2[C@H]1C(=O)O. The van der Waals surface area contributed by atoms with Crippen LogP contribution in [0.15, 0.2) is 24.3 Å². The van der Waals surface area contributed by atoms with E-state index in [0.29, 0.717) is 0 Å². The predicted octanol–water partition coefficient (Wildman–Crippen LogP) is 1.62. The van der Waals surface area contributed by atoms with Gasteiger partial charge in [-0.1, -0.05) is 18.2 Å². The molecule has 4 atom stereocenters. The fourth-order valence-corrected chi connectivity index (χ4v) is 4.96. The maximum Gasteiger partial charge on any atom is 0.327 e. The van der Waals surface area contributed by atoms with Crippen molar-refractivity contribution in [2.75, 3.05) is 0 Å². The first-order valence-electron chi connectivity index (χ1n) is 6.91. The molecular weight excluding hydrogens is 309 g/mol. The van der Waals surface area contributed by atoms with Crippen LogP contribution in [0.2, 0.25) is 0 Å². The number of halogens is 1. The van der Waals surface area contributed by atoms with E-state index >= 15 is 0 Å². The van der Waals surface area contributed by atoms with Crippen molar-refractivity contribution in [3.05, 3.63) is 35.6 Å². The molecular formula is C15H16FNO4S. The molecule has 0 spiro atoms. The third-order valence-electron chi connectivity index (χ3n) is 4.28. The number of thioether (sulfide) groups is 1. The molecule has 2 N–H and O–H groups in total. The topological polar surface area (TPSA) is 77.8 Å². The molecule has 22 heavy (non-hydrogen) atoms. The van der Waals surface area contributed by atoms with E-state index in [2.05, 4.69) is 0 Å². The van der Waals surface area contributed by atoms with Gasteiger partial charge in [0.05, 0.1) is 17.4 Å². The van der Waals surface area contributed by atoms with Crippen LogP contribution in [0.1, 0.15) is 25.5 Å². The van der Waals surface area contributed by atoms with Crippen molar-refractivity contribution in [3.8, 4) is 0 Å². The lowest BCUT2D eigenvalue weighted by atomic mass is 9.85. The Labute approximate surface area is 131 Å². The first-order valence-corrected chi connectivity index (χ1v) is 7.79. The van der Waals surface area contributed by atoms with Crippen LogP contribution in [0, 0.1) is 11.7 Å². The number of hydrogen-bond donors (Lipinski definition) is 2. The van der Waals surface area contributed by atoms with Gasteiger partial charge >= 0.3 is 5.97 Å². The number of amides is 1. The number of aliphatic hydroxyl groups is 1. The highest BCUT2D eigenvalue weighted by Gasteiger charge is 2.65. The van der Waals surface area contributed by atoms with Crippen LogP contribution in [0.3, 0.4) is 0 Å². The number of aliphatic hydroxyl groups excluding tert-OH is 1. The van der Waals surface area contributed by atoms with Crippen molar-refractivity contribution >= 4 is 23.6 Å². The quantitative estimate of drug-likeness (QED) is 0.826. The molecule has 5 nitrogen and oxygen atoms in total. The third kappa shape index (κ3) is 2.03. The van der Waals surface area contributed by atoms with Crippen molar-refractivity contribution < 1.29 is 24.2 Å². The van der Waals surface area contributed by atoms with E-state index in [1.807, 2.05) is 0 Å². The van der Waals surface area contributed by atoms with Gasteiger partial charge in [0.1, 0.15) is 11.9 Å². The van der Waals surface area contributed by atoms with E-state index < -0.39 is 45.9 Å². The number of carboxylic acids is 1. The number of carbonyl (C=O) groups is 2. The second kappa shape index (κ2) is 4.96. The summed E-state index contributed by atoms with van der Waals surface area (Å²) in [5.74, 6) is -2.89. The minimum absolute atomic E-state index is 0.0673. The van der Waals surface area contributed by atoms with Crippen molar-refractivity contribution in [1.82, 2.24) is 4.90 Å². The molecule has 2 aliphatic heterocycles. The number of carbonyl (C=O) groups excluding carboxylic acids is 1. The van der Waals surface area contributed by atoms with Gasteiger partial charge in [0.15, 0.2) is 0 Å². The highest BCUT2D eigenvalue weighted by molar-refractivity contribution is 8.01. The Hall–Kier alpha value is -1.60. The molecule has 0 bridgehead atoms. The number of fused-ring (bicyclic) bond motifs is 1. The Morgan fingerprint density at radius 2 is 2.05 bits per heavy atom. The first-order chi connectivity index (χ1) is 10.3. The highest BCUT2D eigenvalue weighted by Crippen LogP contribution is 2.56. The van der Waals surface area contributed by atoms with Crippen molar-refractivity contribution in [3.63, 3.8) is 0 Å². The molecule has 2 heterocycles. The molecule has 0 saturated carbocycles. The predicted molar refractivity (Wildman–Crippen MR) is 78.6 cm³/mol. The first kappa shape index (κ1) is 15.3. The van der Waals surface area contributed by atoms with Crippen LogP contribution in [-0.4, -0.2) is 43.2 Å². The molecule has 0 aliphatic carbocycles. The lowest BCUT2D eigenvalue weighted by molar-refractivity contribution is -0.169. The fraction of sp³-hybridized carbons (Fsp3) is 0.467. The van der Waals surface area contributed by atoms with E-state index in [-0.39, 0.29) is 5.56 Å². The molecule has 1 aromatic carbocycles. The molecule has 1 aromatic rings. The fourth-order valence-electron chi connectivity index (χ4n) is 3.24. The van der Waals surface area contributed by atoms with Gasteiger partial charge in [-0.05, 0) is 19.9 Å². The average Bonchev–Trinajstić information content (AvgIpc) is 2.67. The molecule has 3 rings (SSSR count). The minimum atomic E-state index is -1.27. The number of aliphatic carboxylic acids is 1. The van der Waals surface area contributed by atoms with Crippen molar-refractivity contribution in [1.29, 1.82) is 0 Å². The molecule has 7 heteroatoms. The summed E-state index contributed by atoms with van der Waals surface area (Å²) in [6, 6.07) is 4.84. The van der Waals surface area contributed by atoms with Crippen molar-refractivity contribution in [2.45, 2.75) is 36.1 Å². The van der Waals surface area contributed by atoms with Gasteiger partial charge in [-0.15, -0.1) is 11.8 Å². The van der Waals surface area contributed by atoms with Gasteiger partial charge in [-0.25, -0.2) is 9.18 Å². The zero-order chi connectivity index (χ0) is 16.2. The normalized spacial score (nSPS) is 30.6. The van der Waals surface area contributed by atoms with E-state index in [1.54, 1.807) is 19.9 Å². The molecule has 1 amide bonds. The van der Waals surface area contributed by atoms with Gasteiger partial charge in [0, 0.05) is 10.3 Å². The Morgan fingerprint density at radius 3 is 2.64 bits per heavy atom. The average molecular weight is 325 g/mol.